The molecule has 0 saturated carbocycles. The van der Waals surface area contributed by atoms with E-state index < -0.39 is 13.0 Å². The number of alkyl halides is 2. The van der Waals surface area contributed by atoms with E-state index in [2.05, 4.69) is 34.5 Å². The smallest absolute Gasteiger partial charge is 0.261 e. The topological polar surface area (TPSA) is 24.5 Å². The van der Waals surface area contributed by atoms with Gasteiger partial charge in [-0.25, -0.2) is 8.78 Å². The molecule has 0 amide bonds. The van der Waals surface area contributed by atoms with Crippen LogP contribution in [0.15, 0.2) is 30.3 Å². The summed E-state index contributed by atoms with van der Waals surface area (Å²) >= 11 is 0. The Labute approximate surface area is 118 Å². The lowest BCUT2D eigenvalue weighted by Gasteiger charge is -2.34. The molecule has 1 aliphatic rings. The van der Waals surface area contributed by atoms with Crippen LogP contribution in [0.1, 0.15) is 12.8 Å². The van der Waals surface area contributed by atoms with E-state index in [1.54, 1.807) is 0 Å². The highest BCUT2D eigenvalue weighted by molar-refractivity contribution is 5.46. The van der Waals surface area contributed by atoms with Crippen LogP contribution in [-0.4, -0.2) is 45.3 Å². The van der Waals surface area contributed by atoms with E-state index in [1.165, 1.54) is 5.69 Å². The molecule has 1 aromatic carbocycles. The van der Waals surface area contributed by atoms with Gasteiger partial charge in [-0.1, -0.05) is 18.2 Å². The Balaban J connectivity index is 1.60. The van der Waals surface area contributed by atoms with Crippen LogP contribution in [0.4, 0.5) is 14.5 Å². The van der Waals surface area contributed by atoms with E-state index in [1.807, 2.05) is 6.07 Å². The summed E-state index contributed by atoms with van der Waals surface area (Å²) in [6.07, 6.45) is -0.225. The molecule has 1 fully saturated rings. The number of rotatable bonds is 7. The summed E-state index contributed by atoms with van der Waals surface area (Å²) in [6, 6.07) is 10.9. The summed E-state index contributed by atoms with van der Waals surface area (Å²) in [5, 5.41) is 3.37. The van der Waals surface area contributed by atoms with E-state index in [-0.39, 0.29) is 0 Å². The predicted octanol–water partition coefficient (Wildman–Crippen LogP) is 2.53. The summed E-state index contributed by atoms with van der Waals surface area (Å²) < 4.78 is 28.6. The molecule has 0 bridgehead atoms. The highest BCUT2D eigenvalue weighted by Gasteiger charge is 2.18. The van der Waals surface area contributed by atoms with Gasteiger partial charge in [-0.3, -0.25) is 0 Å². The molecule has 2 rings (SSSR count). The number of ether oxygens (including phenoxy) is 1. The van der Waals surface area contributed by atoms with Gasteiger partial charge < -0.3 is 15.0 Å². The molecule has 1 aliphatic heterocycles. The number of anilines is 1. The van der Waals surface area contributed by atoms with Crippen LogP contribution in [0.2, 0.25) is 0 Å². The van der Waals surface area contributed by atoms with Crippen molar-refractivity contribution >= 4 is 5.69 Å². The van der Waals surface area contributed by atoms with Crippen molar-refractivity contribution in [1.29, 1.82) is 0 Å². The van der Waals surface area contributed by atoms with Crippen molar-refractivity contribution in [3.05, 3.63) is 30.3 Å². The fraction of sp³-hybridized carbons (Fsp3) is 0.600. The van der Waals surface area contributed by atoms with Gasteiger partial charge in [0.15, 0.2) is 0 Å². The van der Waals surface area contributed by atoms with Crippen molar-refractivity contribution in [3.8, 4) is 0 Å². The molecule has 0 unspecified atom stereocenters. The Morgan fingerprint density at radius 3 is 2.55 bits per heavy atom. The zero-order chi connectivity index (χ0) is 14.2. The Bertz CT molecular complexity index is 367. The predicted molar refractivity (Wildman–Crippen MR) is 76.5 cm³/mol. The Morgan fingerprint density at radius 2 is 1.90 bits per heavy atom. The largest absolute Gasteiger partial charge is 0.374 e. The van der Waals surface area contributed by atoms with E-state index in [4.69, 9.17) is 4.74 Å². The van der Waals surface area contributed by atoms with E-state index in [9.17, 15) is 8.78 Å². The van der Waals surface area contributed by atoms with Gasteiger partial charge in [0.25, 0.3) is 6.43 Å². The quantitative estimate of drug-likeness (QED) is 0.779. The van der Waals surface area contributed by atoms with Gasteiger partial charge in [0.1, 0.15) is 6.61 Å². The molecule has 0 atom stereocenters. The van der Waals surface area contributed by atoms with Crippen LogP contribution < -0.4 is 10.2 Å². The fourth-order valence-electron chi connectivity index (χ4n) is 2.49. The number of hydrogen-bond acceptors (Lipinski definition) is 3. The van der Waals surface area contributed by atoms with Gasteiger partial charge in [0.2, 0.25) is 0 Å². The average Bonchev–Trinajstić information content (AvgIpc) is 2.48. The number of benzene rings is 1. The third-order valence-corrected chi connectivity index (χ3v) is 3.54. The van der Waals surface area contributed by atoms with E-state index >= 15 is 0 Å². The molecule has 0 aliphatic carbocycles. The molecular formula is C15H22F2N2O. The minimum Gasteiger partial charge on any atom is -0.374 e. The highest BCUT2D eigenvalue weighted by atomic mass is 19.3. The molecule has 1 heterocycles. The van der Waals surface area contributed by atoms with Gasteiger partial charge in [-0.05, 0) is 25.0 Å². The van der Waals surface area contributed by atoms with Gasteiger partial charge in [-0.2, -0.15) is 0 Å². The Kier molecular flexibility index (Phi) is 6.21. The second kappa shape index (κ2) is 8.17. The van der Waals surface area contributed by atoms with Crippen molar-refractivity contribution < 1.29 is 13.5 Å². The Morgan fingerprint density at radius 1 is 1.20 bits per heavy atom. The zero-order valence-electron chi connectivity index (χ0n) is 11.6. The first-order chi connectivity index (χ1) is 9.75. The van der Waals surface area contributed by atoms with Crippen LogP contribution in [0.5, 0.6) is 0 Å². The Hall–Kier alpha value is -1.20. The molecule has 20 heavy (non-hydrogen) atoms. The SMILES string of the molecule is FC(F)COCCNC1CCN(c2ccccc2)CC1. The first-order valence-corrected chi connectivity index (χ1v) is 7.15. The first-order valence-electron chi connectivity index (χ1n) is 7.15. The maximum absolute atomic E-state index is 11.9. The minimum atomic E-state index is -2.37. The number of halogens is 2. The lowest BCUT2D eigenvalue weighted by Crippen LogP contribution is -2.43. The molecule has 0 radical (unpaired) electrons. The number of nitrogens with zero attached hydrogens (tertiary/aromatic N) is 1. The summed E-state index contributed by atoms with van der Waals surface area (Å²) in [5.41, 5.74) is 1.27. The molecule has 1 aromatic rings. The van der Waals surface area contributed by atoms with Crippen LogP contribution in [0, 0.1) is 0 Å². The average molecular weight is 284 g/mol. The summed E-state index contributed by atoms with van der Waals surface area (Å²) in [6.45, 7) is 2.58. The van der Waals surface area contributed by atoms with E-state index in [0.29, 0.717) is 19.2 Å². The summed E-state index contributed by atoms with van der Waals surface area (Å²) in [7, 11) is 0. The van der Waals surface area contributed by atoms with Crippen LogP contribution >= 0.6 is 0 Å². The molecule has 0 spiro atoms. The maximum atomic E-state index is 11.9. The second-order valence-electron chi connectivity index (χ2n) is 5.02. The normalized spacial score (nSPS) is 16.9. The molecule has 3 nitrogen and oxygen atoms in total. The molecule has 0 aromatic heterocycles. The lowest BCUT2D eigenvalue weighted by molar-refractivity contribution is 0.0180. The molecule has 5 heteroatoms. The number of piperidine rings is 1. The first kappa shape index (κ1) is 15.2. The minimum absolute atomic E-state index is 0.350. The van der Waals surface area contributed by atoms with Crippen LogP contribution in [0.25, 0.3) is 0 Å². The standard InChI is InChI=1S/C15H22F2N2O/c16-15(17)12-20-11-8-18-13-6-9-19(10-7-13)14-4-2-1-3-5-14/h1-5,13,15,18H,6-12H2. The van der Waals surface area contributed by atoms with Crippen LogP contribution in [-0.2, 0) is 4.74 Å². The zero-order valence-corrected chi connectivity index (χ0v) is 11.6. The van der Waals surface area contributed by atoms with Crippen molar-refractivity contribution in [2.45, 2.75) is 25.3 Å². The van der Waals surface area contributed by atoms with Crippen LogP contribution in [0.3, 0.4) is 0 Å². The van der Waals surface area contributed by atoms with Gasteiger partial charge in [0, 0.05) is 31.4 Å². The highest BCUT2D eigenvalue weighted by Crippen LogP contribution is 2.19. The monoisotopic (exact) mass is 284 g/mol. The van der Waals surface area contributed by atoms with Crippen molar-refractivity contribution in [3.63, 3.8) is 0 Å². The molecule has 112 valence electrons. The molecular weight excluding hydrogens is 262 g/mol. The summed E-state index contributed by atoms with van der Waals surface area (Å²) in [5.74, 6) is 0. The third kappa shape index (κ3) is 5.06. The second-order valence-corrected chi connectivity index (χ2v) is 5.02. The van der Waals surface area contributed by atoms with Gasteiger partial charge in [-0.15, -0.1) is 0 Å². The van der Waals surface area contributed by atoms with Crippen molar-refractivity contribution in [1.82, 2.24) is 5.32 Å². The fourth-order valence-corrected chi connectivity index (χ4v) is 2.49. The number of para-hydroxylation sites is 1. The van der Waals surface area contributed by atoms with Gasteiger partial charge in [0.05, 0.1) is 6.61 Å². The maximum Gasteiger partial charge on any atom is 0.261 e. The van der Waals surface area contributed by atoms with Crippen molar-refractivity contribution in [2.75, 3.05) is 37.7 Å². The molecule has 1 saturated heterocycles. The number of nitrogens with one attached hydrogen (secondary N) is 1. The lowest BCUT2D eigenvalue weighted by atomic mass is 10.0. The third-order valence-electron chi connectivity index (χ3n) is 3.54. The van der Waals surface area contributed by atoms with Gasteiger partial charge >= 0.3 is 0 Å². The summed E-state index contributed by atoms with van der Waals surface area (Å²) in [4.78, 5) is 2.38. The molecule has 1 N–H and O–H groups in total. The van der Waals surface area contributed by atoms with E-state index in [0.717, 1.165) is 25.9 Å². The number of hydrogen-bond donors (Lipinski definition) is 1. The van der Waals surface area contributed by atoms with Crippen molar-refractivity contribution in [2.24, 2.45) is 0 Å².